The van der Waals surface area contributed by atoms with Gasteiger partial charge in [-0.1, -0.05) is 20.3 Å². The van der Waals surface area contributed by atoms with E-state index in [0.717, 1.165) is 6.42 Å². The number of amides is 9. The van der Waals surface area contributed by atoms with Crippen LogP contribution in [0.3, 0.4) is 0 Å². The largest absolute Gasteiger partial charge is 0.480 e. The van der Waals surface area contributed by atoms with Gasteiger partial charge in [0.25, 0.3) is 0 Å². The van der Waals surface area contributed by atoms with Crippen molar-refractivity contribution in [1.82, 2.24) is 53.2 Å². The highest BCUT2D eigenvalue weighted by Crippen LogP contribution is 2.11. The van der Waals surface area contributed by atoms with Gasteiger partial charge in [0.2, 0.25) is 53.2 Å². The van der Waals surface area contributed by atoms with E-state index in [2.05, 4.69) is 53.2 Å². The second kappa shape index (κ2) is 28.1. The third-order valence-corrected chi connectivity index (χ3v) is 9.57. The van der Waals surface area contributed by atoms with Crippen molar-refractivity contribution < 1.29 is 68.4 Å². The maximum absolute atomic E-state index is 13.6. The van der Waals surface area contributed by atoms with Crippen LogP contribution in [0.4, 0.5) is 0 Å². The number of hydrogen-bond acceptors (Lipinski definition) is 15. The molecule has 0 aromatic rings. The molecule has 0 saturated carbocycles. The van der Waals surface area contributed by atoms with Crippen molar-refractivity contribution in [3.05, 3.63) is 0 Å². The topological polar surface area (TPSA) is 398 Å². The molecular formula is C36H63N11O14. The van der Waals surface area contributed by atoms with Gasteiger partial charge in [-0.05, 0) is 65.0 Å². The average molecular weight is 874 g/mol. The van der Waals surface area contributed by atoms with E-state index < -0.39 is 146 Å². The lowest BCUT2D eigenvalue weighted by Crippen LogP contribution is -2.61. The molecule has 61 heavy (non-hydrogen) atoms. The first kappa shape index (κ1) is 53.5. The van der Waals surface area contributed by atoms with E-state index in [0.29, 0.717) is 32.2 Å². The molecule has 1 saturated heterocycles. The summed E-state index contributed by atoms with van der Waals surface area (Å²) in [6, 6.07) is -10.2. The lowest BCUT2D eigenvalue weighted by Gasteiger charge is -2.28. The molecular weight excluding hydrogens is 810 g/mol. The third kappa shape index (κ3) is 19.2. The van der Waals surface area contributed by atoms with Gasteiger partial charge in [-0.15, -0.1) is 0 Å². The summed E-state index contributed by atoms with van der Waals surface area (Å²) in [6.45, 7) is 2.96. The number of hydrogen-bond donors (Lipinski definition) is 15. The number of aliphatic hydroxyl groups is 3. The van der Waals surface area contributed by atoms with Crippen LogP contribution >= 0.6 is 0 Å². The van der Waals surface area contributed by atoms with Crippen LogP contribution in [0.1, 0.15) is 66.2 Å². The summed E-state index contributed by atoms with van der Waals surface area (Å²) in [5, 5.41) is 61.7. The number of unbranched alkanes of at least 4 members (excludes halogenated alkanes) is 1. The Hall–Kier alpha value is -5.50. The molecule has 0 spiro atoms. The van der Waals surface area contributed by atoms with E-state index >= 15 is 0 Å². The van der Waals surface area contributed by atoms with Crippen LogP contribution in [0.25, 0.3) is 0 Å². The Labute approximate surface area is 352 Å². The molecule has 1 aliphatic heterocycles. The molecule has 1 rings (SSSR count). The SMILES string of the molecule is CC[C@H](C)[C@H](NC(=O)[C@H](CO)NC(=O)[C@H](C)NC(=O)CNC(=O)CNC(=O)[C@H](CO)NC(=O)[C@@H]1CCCN1)C(=O)N[C@@H](CCCCN)C(=O)N[C@@H](C)C(=O)N[C@@H](CO)C(=O)O. The van der Waals surface area contributed by atoms with Gasteiger partial charge in [0.05, 0.1) is 39.0 Å². The van der Waals surface area contributed by atoms with Crippen LogP contribution in [0.2, 0.25) is 0 Å². The standard InChI is InChI=1S/C36H63N11O14/c1-5-18(2)28(35(59)43-22(9-6-7-11-37)33(57)42-20(4)30(54)46-25(17-50)36(60)61)47-34(58)24(16-49)44-29(53)19(3)41-27(52)14-39-26(51)13-40-31(55)23(15-48)45-32(56)21-10-8-12-38-21/h18-25,28,38,48-50H,5-17,37H2,1-4H3,(H,39,51)(H,40,55)(H,41,52)(H,42,57)(H,43,59)(H,44,53)(H,45,56)(H,46,54)(H,47,58)(H,60,61)/t18-,19-,20-,21-,22-,23-,24-,25-,28-/m0/s1. The lowest BCUT2D eigenvalue weighted by molar-refractivity contribution is -0.143. The van der Waals surface area contributed by atoms with E-state index in [1.54, 1.807) is 13.8 Å². The van der Waals surface area contributed by atoms with E-state index in [9.17, 15) is 63.3 Å². The minimum atomic E-state index is -1.62. The number of aliphatic carboxylic acids is 1. The average Bonchev–Trinajstić information content (AvgIpc) is 3.78. The summed E-state index contributed by atoms with van der Waals surface area (Å²) in [4.78, 5) is 126. The molecule has 346 valence electrons. The first-order chi connectivity index (χ1) is 28.8. The fourth-order valence-corrected chi connectivity index (χ4v) is 5.60. The maximum Gasteiger partial charge on any atom is 0.328 e. The Kier molecular flexibility index (Phi) is 24.7. The van der Waals surface area contributed by atoms with E-state index in [4.69, 9.17) is 10.8 Å². The fourth-order valence-electron chi connectivity index (χ4n) is 5.60. The minimum absolute atomic E-state index is 0.0579. The number of carbonyl (C=O) groups is 10. The van der Waals surface area contributed by atoms with Crippen molar-refractivity contribution in [2.24, 2.45) is 11.7 Å². The van der Waals surface area contributed by atoms with E-state index in [1.165, 1.54) is 13.8 Å². The summed E-state index contributed by atoms with van der Waals surface area (Å²) in [5.74, 6) is -9.50. The van der Waals surface area contributed by atoms with Crippen LogP contribution in [0, 0.1) is 5.92 Å². The molecule has 1 aliphatic rings. The maximum atomic E-state index is 13.6. The molecule has 0 radical (unpaired) electrons. The quantitative estimate of drug-likeness (QED) is 0.0325. The molecule has 1 fully saturated rings. The first-order valence-electron chi connectivity index (χ1n) is 20.0. The number of rotatable bonds is 28. The van der Waals surface area contributed by atoms with Crippen LogP contribution in [0.15, 0.2) is 0 Å². The Morgan fingerprint density at radius 2 is 1.16 bits per heavy atom. The van der Waals surface area contributed by atoms with Gasteiger partial charge in [0.1, 0.15) is 42.3 Å². The third-order valence-electron chi connectivity index (χ3n) is 9.57. The predicted molar refractivity (Wildman–Crippen MR) is 213 cm³/mol. The Morgan fingerprint density at radius 3 is 1.70 bits per heavy atom. The van der Waals surface area contributed by atoms with Crippen molar-refractivity contribution in [2.75, 3.05) is 46.0 Å². The Bertz CT molecular complexity index is 1530. The van der Waals surface area contributed by atoms with E-state index in [1.807, 2.05) is 0 Å². The highest BCUT2D eigenvalue weighted by atomic mass is 16.4. The van der Waals surface area contributed by atoms with Gasteiger partial charge < -0.3 is 79.3 Å². The van der Waals surface area contributed by atoms with Gasteiger partial charge in [0.15, 0.2) is 0 Å². The molecule has 25 nitrogen and oxygen atoms in total. The number of nitrogens with two attached hydrogens (primary N) is 1. The molecule has 0 aromatic heterocycles. The molecule has 0 aliphatic carbocycles. The Morgan fingerprint density at radius 1 is 0.623 bits per heavy atom. The second-order valence-corrected chi connectivity index (χ2v) is 14.4. The minimum Gasteiger partial charge on any atom is -0.480 e. The summed E-state index contributed by atoms with van der Waals surface area (Å²) < 4.78 is 0. The number of carbonyl (C=O) groups excluding carboxylic acids is 9. The van der Waals surface area contributed by atoms with Gasteiger partial charge in [0, 0.05) is 0 Å². The van der Waals surface area contributed by atoms with Crippen LogP contribution in [-0.4, -0.2) is 174 Å². The van der Waals surface area contributed by atoms with Crippen molar-refractivity contribution in [1.29, 1.82) is 0 Å². The van der Waals surface area contributed by atoms with E-state index in [-0.39, 0.29) is 13.0 Å². The summed E-state index contributed by atoms with van der Waals surface area (Å²) in [7, 11) is 0. The second-order valence-electron chi connectivity index (χ2n) is 14.4. The van der Waals surface area contributed by atoms with Crippen molar-refractivity contribution in [2.45, 2.75) is 115 Å². The normalized spacial score (nSPS) is 17.3. The molecule has 16 N–H and O–H groups in total. The highest BCUT2D eigenvalue weighted by Gasteiger charge is 2.34. The van der Waals surface area contributed by atoms with Crippen molar-refractivity contribution >= 4 is 59.1 Å². The summed E-state index contributed by atoms with van der Waals surface area (Å²) >= 11 is 0. The summed E-state index contributed by atoms with van der Waals surface area (Å²) in [6.07, 6.45) is 2.58. The first-order valence-corrected chi connectivity index (χ1v) is 20.0. The number of aliphatic hydroxyl groups excluding tert-OH is 3. The molecule has 9 atom stereocenters. The molecule has 9 amide bonds. The van der Waals surface area contributed by atoms with Crippen LogP contribution in [0.5, 0.6) is 0 Å². The fraction of sp³-hybridized carbons (Fsp3) is 0.722. The zero-order chi connectivity index (χ0) is 46.2. The van der Waals surface area contributed by atoms with Gasteiger partial charge in [-0.2, -0.15) is 0 Å². The highest BCUT2D eigenvalue weighted by molar-refractivity contribution is 5.97. The molecule has 0 unspecified atom stereocenters. The molecule has 1 heterocycles. The lowest BCUT2D eigenvalue weighted by atomic mass is 9.97. The molecule has 25 heteroatoms. The van der Waals surface area contributed by atoms with Crippen molar-refractivity contribution in [3.63, 3.8) is 0 Å². The smallest absolute Gasteiger partial charge is 0.328 e. The van der Waals surface area contributed by atoms with Gasteiger partial charge in [-0.25, -0.2) is 4.79 Å². The predicted octanol–water partition coefficient (Wildman–Crippen LogP) is -7.36. The summed E-state index contributed by atoms with van der Waals surface area (Å²) in [5.41, 5.74) is 5.58. The van der Waals surface area contributed by atoms with Crippen LogP contribution < -0.4 is 58.9 Å². The van der Waals surface area contributed by atoms with Gasteiger partial charge in [-0.3, -0.25) is 43.2 Å². The van der Waals surface area contributed by atoms with Gasteiger partial charge >= 0.3 is 5.97 Å². The Balaban J connectivity index is 2.80. The van der Waals surface area contributed by atoms with Crippen molar-refractivity contribution in [3.8, 4) is 0 Å². The zero-order valence-electron chi connectivity index (χ0n) is 34.8. The molecule has 0 bridgehead atoms. The van der Waals surface area contributed by atoms with Crippen LogP contribution in [-0.2, 0) is 47.9 Å². The number of carboxylic acids is 1. The number of nitrogens with one attached hydrogen (secondary N) is 10. The molecule has 0 aromatic carbocycles. The number of carboxylic acid groups (broad SMARTS) is 1. The zero-order valence-corrected chi connectivity index (χ0v) is 34.8. The monoisotopic (exact) mass is 873 g/mol.